The zero-order chi connectivity index (χ0) is 19.1. The molecular formula is C17H19N3O6. The maximum Gasteiger partial charge on any atom is 0.328 e. The highest BCUT2D eigenvalue weighted by atomic mass is 16.5. The minimum Gasteiger partial charge on any atom is -0.481 e. The van der Waals surface area contributed by atoms with Crippen molar-refractivity contribution < 1.29 is 28.9 Å². The number of nitrogens with zero attached hydrogens (tertiary/aromatic N) is 2. The summed E-state index contributed by atoms with van der Waals surface area (Å²) in [6, 6.07) is 6.76. The Bertz CT molecular complexity index is 774. The van der Waals surface area contributed by atoms with Gasteiger partial charge in [-0.25, -0.2) is 4.79 Å². The van der Waals surface area contributed by atoms with Gasteiger partial charge in [-0.15, -0.1) is 0 Å². The van der Waals surface area contributed by atoms with Gasteiger partial charge in [0, 0.05) is 0 Å². The molecule has 0 aliphatic carbocycles. The van der Waals surface area contributed by atoms with E-state index < -0.39 is 17.9 Å². The summed E-state index contributed by atoms with van der Waals surface area (Å²) in [6.07, 6.45) is 0.250. The van der Waals surface area contributed by atoms with Gasteiger partial charge in [-0.05, 0) is 18.6 Å². The largest absolute Gasteiger partial charge is 0.481 e. The average Bonchev–Trinajstić information content (AvgIpc) is 2.65. The third-order valence-electron chi connectivity index (χ3n) is 3.42. The molecule has 9 nitrogen and oxygen atoms in total. The van der Waals surface area contributed by atoms with Gasteiger partial charge >= 0.3 is 12.0 Å². The number of para-hydroxylation sites is 1. The van der Waals surface area contributed by atoms with Crippen molar-refractivity contribution in [1.29, 1.82) is 0 Å². The minimum atomic E-state index is -1.11. The molecule has 0 bridgehead atoms. The highest BCUT2D eigenvalue weighted by Crippen LogP contribution is 2.26. The molecule has 0 spiro atoms. The van der Waals surface area contributed by atoms with Gasteiger partial charge in [-0.1, -0.05) is 19.1 Å². The van der Waals surface area contributed by atoms with Crippen molar-refractivity contribution in [2.24, 2.45) is 0 Å². The summed E-state index contributed by atoms with van der Waals surface area (Å²) in [7, 11) is 2.87. The lowest BCUT2D eigenvalue weighted by molar-refractivity contribution is -0.139. The molecule has 1 aromatic carbocycles. The Morgan fingerprint density at radius 1 is 1.15 bits per heavy atom. The average molecular weight is 361 g/mol. The molecular weight excluding hydrogens is 342 g/mol. The summed E-state index contributed by atoms with van der Waals surface area (Å²) in [5, 5.41) is 11.5. The SMILES string of the molecule is CCC(NC(=O)c1ccccc1Oc1nc(OC)cc(OC)n1)C(=O)O. The molecule has 1 atom stereocenters. The van der Waals surface area contributed by atoms with E-state index in [0.29, 0.717) is 0 Å². The number of carboxylic acid groups (broad SMARTS) is 1. The second-order valence-corrected chi connectivity index (χ2v) is 5.11. The molecule has 0 saturated heterocycles. The number of hydrogen-bond donors (Lipinski definition) is 2. The second-order valence-electron chi connectivity index (χ2n) is 5.11. The van der Waals surface area contributed by atoms with Crippen LogP contribution in [0.3, 0.4) is 0 Å². The van der Waals surface area contributed by atoms with Crippen molar-refractivity contribution in [2.45, 2.75) is 19.4 Å². The van der Waals surface area contributed by atoms with Crippen LogP contribution in [0.4, 0.5) is 0 Å². The third kappa shape index (κ3) is 4.59. The summed E-state index contributed by atoms with van der Waals surface area (Å²) in [5.41, 5.74) is 0.151. The van der Waals surface area contributed by atoms with Crippen LogP contribution in [-0.2, 0) is 4.79 Å². The van der Waals surface area contributed by atoms with Gasteiger partial charge in [0.2, 0.25) is 11.8 Å². The van der Waals surface area contributed by atoms with Crippen molar-refractivity contribution in [2.75, 3.05) is 14.2 Å². The molecule has 138 valence electrons. The number of methoxy groups -OCH3 is 2. The van der Waals surface area contributed by atoms with Gasteiger partial charge < -0.3 is 24.6 Å². The Morgan fingerprint density at radius 2 is 1.77 bits per heavy atom. The van der Waals surface area contributed by atoms with Crippen molar-refractivity contribution in [1.82, 2.24) is 15.3 Å². The topological polar surface area (TPSA) is 120 Å². The van der Waals surface area contributed by atoms with Gasteiger partial charge in [0.15, 0.2) is 0 Å². The zero-order valence-corrected chi connectivity index (χ0v) is 14.6. The van der Waals surface area contributed by atoms with E-state index in [0.717, 1.165) is 0 Å². The zero-order valence-electron chi connectivity index (χ0n) is 14.6. The third-order valence-corrected chi connectivity index (χ3v) is 3.42. The quantitative estimate of drug-likeness (QED) is 0.731. The molecule has 0 aliphatic rings. The van der Waals surface area contributed by atoms with E-state index in [1.165, 1.54) is 26.4 Å². The first-order valence-electron chi connectivity index (χ1n) is 7.76. The van der Waals surface area contributed by atoms with Crippen molar-refractivity contribution >= 4 is 11.9 Å². The molecule has 2 aromatic rings. The van der Waals surface area contributed by atoms with E-state index in [-0.39, 0.29) is 35.5 Å². The molecule has 0 fully saturated rings. The summed E-state index contributed by atoms with van der Waals surface area (Å²) < 4.78 is 15.7. The van der Waals surface area contributed by atoms with Crippen LogP contribution in [0.2, 0.25) is 0 Å². The Hall–Kier alpha value is -3.36. The molecule has 0 aliphatic heterocycles. The Kier molecular flexibility index (Phi) is 6.31. The van der Waals surface area contributed by atoms with Crippen LogP contribution in [0, 0.1) is 0 Å². The molecule has 1 unspecified atom stereocenters. The fraction of sp³-hybridized carbons (Fsp3) is 0.294. The number of rotatable bonds is 8. The highest BCUT2D eigenvalue weighted by molar-refractivity contribution is 5.98. The second kappa shape index (κ2) is 8.65. The van der Waals surface area contributed by atoms with Crippen LogP contribution in [0.5, 0.6) is 23.5 Å². The van der Waals surface area contributed by atoms with Gasteiger partial charge in [-0.3, -0.25) is 4.79 Å². The van der Waals surface area contributed by atoms with Crippen molar-refractivity contribution in [3.05, 3.63) is 35.9 Å². The predicted molar refractivity (Wildman–Crippen MR) is 90.8 cm³/mol. The smallest absolute Gasteiger partial charge is 0.328 e. The predicted octanol–water partition coefficient (Wildman–Crippen LogP) is 1.88. The molecule has 2 N–H and O–H groups in total. The van der Waals surface area contributed by atoms with Gasteiger partial charge in [0.25, 0.3) is 5.91 Å². The molecule has 1 heterocycles. The molecule has 1 amide bonds. The molecule has 0 radical (unpaired) electrons. The number of aliphatic carboxylic acids is 1. The number of carbonyl (C=O) groups is 2. The standard InChI is InChI=1S/C17H19N3O6/c1-4-11(16(22)23)18-15(21)10-7-5-6-8-12(10)26-17-19-13(24-2)9-14(20-17)25-3/h5-9,11H,4H2,1-3H3,(H,18,21)(H,22,23). The summed E-state index contributed by atoms with van der Waals surface area (Å²) in [6.45, 7) is 1.66. The fourth-order valence-electron chi connectivity index (χ4n) is 2.05. The van der Waals surface area contributed by atoms with E-state index in [1.807, 2.05) is 0 Å². The number of benzene rings is 1. The van der Waals surface area contributed by atoms with Crippen LogP contribution in [-0.4, -0.2) is 47.2 Å². The first-order chi connectivity index (χ1) is 12.5. The van der Waals surface area contributed by atoms with Crippen LogP contribution in [0.15, 0.2) is 30.3 Å². The van der Waals surface area contributed by atoms with E-state index in [9.17, 15) is 9.59 Å². The number of carbonyl (C=O) groups excluding carboxylic acids is 1. The van der Waals surface area contributed by atoms with E-state index in [2.05, 4.69) is 15.3 Å². The Labute approximate surface area is 149 Å². The Morgan fingerprint density at radius 3 is 2.31 bits per heavy atom. The number of aromatic nitrogens is 2. The van der Waals surface area contributed by atoms with E-state index in [1.54, 1.807) is 25.1 Å². The molecule has 26 heavy (non-hydrogen) atoms. The van der Waals surface area contributed by atoms with Gasteiger partial charge in [0.1, 0.15) is 11.8 Å². The monoisotopic (exact) mass is 361 g/mol. The maximum absolute atomic E-state index is 12.4. The van der Waals surface area contributed by atoms with Crippen molar-refractivity contribution in [3.8, 4) is 23.5 Å². The molecule has 0 saturated carbocycles. The number of amides is 1. The minimum absolute atomic E-state index is 0.0771. The van der Waals surface area contributed by atoms with Crippen LogP contribution in [0.25, 0.3) is 0 Å². The highest BCUT2D eigenvalue weighted by Gasteiger charge is 2.21. The first kappa shape index (κ1) is 19.0. The first-order valence-corrected chi connectivity index (χ1v) is 7.76. The fourth-order valence-corrected chi connectivity index (χ4v) is 2.05. The number of hydrogen-bond acceptors (Lipinski definition) is 7. The van der Waals surface area contributed by atoms with Crippen LogP contribution in [0.1, 0.15) is 23.7 Å². The van der Waals surface area contributed by atoms with Crippen LogP contribution >= 0.6 is 0 Å². The number of nitrogens with one attached hydrogen (secondary N) is 1. The molecule has 9 heteroatoms. The normalized spacial score (nSPS) is 11.3. The van der Waals surface area contributed by atoms with Gasteiger partial charge in [0.05, 0.1) is 25.8 Å². The lowest BCUT2D eigenvalue weighted by atomic mass is 10.1. The number of ether oxygens (including phenoxy) is 3. The van der Waals surface area contributed by atoms with E-state index >= 15 is 0 Å². The summed E-state index contributed by atoms with van der Waals surface area (Å²) in [5.74, 6) is -1.07. The Balaban J connectivity index is 2.29. The lowest BCUT2D eigenvalue weighted by Gasteiger charge is -2.14. The summed E-state index contributed by atoms with van der Waals surface area (Å²) in [4.78, 5) is 31.6. The van der Waals surface area contributed by atoms with E-state index in [4.69, 9.17) is 19.3 Å². The van der Waals surface area contributed by atoms with Gasteiger partial charge in [-0.2, -0.15) is 9.97 Å². The van der Waals surface area contributed by atoms with Crippen molar-refractivity contribution in [3.63, 3.8) is 0 Å². The maximum atomic E-state index is 12.4. The lowest BCUT2D eigenvalue weighted by Crippen LogP contribution is -2.40. The molecule has 2 rings (SSSR count). The van der Waals surface area contributed by atoms with Crippen LogP contribution < -0.4 is 19.5 Å². The summed E-state index contributed by atoms with van der Waals surface area (Å²) >= 11 is 0. The number of carboxylic acids is 1. The molecule has 1 aromatic heterocycles.